The summed E-state index contributed by atoms with van der Waals surface area (Å²) in [5.74, 6) is -2.07. The maximum atomic E-state index is 12.2. The number of aliphatic carboxylic acids is 1. The van der Waals surface area contributed by atoms with Crippen molar-refractivity contribution in [1.82, 2.24) is 9.88 Å². The first kappa shape index (κ1) is 15.5. The summed E-state index contributed by atoms with van der Waals surface area (Å²) in [5, 5.41) is 21.2. The van der Waals surface area contributed by atoms with Gasteiger partial charge in [-0.1, -0.05) is 18.7 Å². The van der Waals surface area contributed by atoms with Gasteiger partial charge in [-0.2, -0.15) is 0 Å². The quantitative estimate of drug-likeness (QED) is 0.811. The van der Waals surface area contributed by atoms with Crippen molar-refractivity contribution in [1.29, 1.82) is 0 Å². The molecule has 3 rings (SSSR count). The highest BCUT2D eigenvalue weighted by atomic mass is 32.2. The molecule has 6 nitrogen and oxygen atoms in total. The monoisotopic (exact) mass is 340 g/mol. The fourth-order valence-electron chi connectivity index (χ4n) is 3.13. The number of aliphatic hydroxyl groups excluding tert-OH is 1. The van der Waals surface area contributed by atoms with Crippen LogP contribution in [-0.2, 0) is 9.59 Å². The lowest BCUT2D eigenvalue weighted by Crippen LogP contribution is -2.63. The van der Waals surface area contributed by atoms with Gasteiger partial charge in [0.2, 0.25) is 5.91 Å². The van der Waals surface area contributed by atoms with Crippen molar-refractivity contribution in [3.8, 4) is 0 Å². The van der Waals surface area contributed by atoms with E-state index < -0.39 is 18.0 Å². The van der Waals surface area contributed by atoms with E-state index in [1.54, 1.807) is 6.92 Å². The number of aromatic nitrogens is 1. The molecule has 0 spiro atoms. The van der Waals surface area contributed by atoms with Crippen molar-refractivity contribution in [3.05, 3.63) is 21.7 Å². The van der Waals surface area contributed by atoms with Gasteiger partial charge in [-0.05, 0) is 13.8 Å². The van der Waals surface area contributed by atoms with Gasteiger partial charge < -0.3 is 15.1 Å². The Balaban J connectivity index is 1.97. The first-order valence-corrected chi connectivity index (χ1v) is 8.61. The highest BCUT2D eigenvalue weighted by molar-refractivity contribution is 8.04. The summed E-state index contributed by atoms with van der Waals surface area (Å²) in [4.78, 5) is 30.1. The molecule has 1 aromatic heterocycles. The smallest absolute Gasteiger partial charge is 0.353 e. The van der Waals surface area contributed by atoms with Gasteiger partial charge in [0, 0.05) is 21.9 Å². The number of thiazole rings is 1. The third kappa shape index (κ3) is 2.17. The molecule has 3 heterocycles. The minimum Gasteiger partial charge on any atom is -0.477 e. The van der Waals surface area contributed by atoms with E-state index in [1.165, 1.54) is 28.0 Å². The molecule has 4 atom stereocenters. The second kappa shape index (κ2) is 5.36. The van der Waals surface area contributed by atoms with E-state index in [1.807, 2.05) is 19.2 Å². The number of carbonyl (C=O) groups is 2. The highest BCUT2D eigenvalue weighted by Crippen LogP contribution is 2.52. The lowest BCUT2D eigenvalue weighted by molar-refractivity contribution is -0.163. The molecule has 2 aliphatic heterocycles. The Kier molecular flexibility index (Phi) is 3.78. The highest BCUT2D eigenvalue weighted by Gasteiger charge is 2.60. The fraction of sp³-hybridized carbons (Fsp3) is 0.500. The number of aryl methyl sites for hydroxylation is 1. The Morgan fingerprint density at radius 3 is 2.73 bits per heavy atom. The van der Waals surface area contributed by atoms with Gasteiger partial charge in [0.1, 0.15) is 5.70 Å². The molecule has 2 aliphatic rings. The van der Waals surface area contributed by atoms with Gasteiger partial charge in [0.25, 0.3) is 0 Å². The largest absolute Gasteiger partial charge is 0.477 e. The number of nitrogens with zero attached hydrogens (tertiary/aromatic N) is 2. The zero-order chi connectivity index (χ0) is 16.2. The first-order chi connectivity index (χ1) is 10.3. The Hall–Kier alpha value is -1.38. The standard InChI is InChI=1S/C14H16N2O4S2/c1-5-4-21-14(15-5)22-11-6(2)9-8(7(3)17)12(18)16(9)10(11)13(19)20/h4,6-9,17H,1-3H3,(H,19,20)/t6-,7-,8-,9?/m1/s1. The van der Waals surface area contributed by atoms with Crippen LogP contribution in [0.2, 0.25) is 0 Å². The number of β-lactam (4-membered cyclic amide) rings is 1. The van der Waals surface area contributed by atoms with E-state index in [4.69, 9.17) is 0 Å². The molecule has 1 amide bonds. The maximum absolute atomic E-state index is 12.2. The molecule has 0 saturated carbocycles. The third-order valence-electron chi connectivity index (χ3n) is 4.11. The van der Waals surface area contributed by atoms with Crippen LogP contribution in [-0.4, -0.2) is 44.1 Å². The van der Waals surface area contributed by atoms with Gasteiger partial charge in [0.15, 0.2) is 4.34 Å². The van der Waals surface area contributed by atoms with E-state index in [9.17, 15) is 19.8 Å². The zero-order valence-electron chi connectivity index (χ0n) is 12.3. The molecule has 8 heteroatoms. The summed E-state index contributed by atoms with van der Waals surface area (Å²) in [6.45, 7) is 5.35. The third-order valence-corrected chi connectivity index (χ3v) is 6.45. The zero-order valence-corrected chi connectivity index (χ0v) is 13.9. The Morgan fingerprint density at radius 2 is 2.23 bits per heavy atom. The molecule has 118 valence electrons. The average molecular weight is 340 g/mol. The summed E-state index contributed by atoms with van der Waals surface area (Å²) in [7, 11) is 0. The molecule has 0 aromatic carbocycles. The minimum absolute atomic E-state index is 0.0391. The predicted molar refractivity (Wildman–Crippen MR) is 82.3 cm³/mol. The summed E-state index contributed by atoms with van der Waals surface area (Å²) in [6.07, 6.45) is -0.780. The Labute approximate surface area is 135 Å². The van der Waals surface area contributed by atoms with Crippen LogP contribution in [0.15, 0.2) is 20.3 Å². The van der Waals surface area contributed by atoms with Crippen molar-refractivity contribution < 1.29 is 19.8 Å². The van der Waals surface area contributed by atoms with Gasteiger partial charge in [-0.15, -0.1) is 11.3 Å². The van der Waals surface area contributed by atoms with E-state index in [2.05, 4.69) is 4.98 Å². The number of aliphatic hydroxyl groups is 1. The molecular weight excluding hydrogens is 324 g/mol. The molecule has 0 radical (unpaired) electrons. The van der Waals surface area contributed by atoms with Crippen LogP contribution in [0.25, 0.3) is 0 Å². The number of rotatable bonds is 4. The number of carboxylic acids is 1. The van der Waals surface area contributed by atoms with Crippen LogP contribution in [0, 0.1) is 18.8 Å². The van der Waals surface area contributed by atoms with Crippen molar-refractivity contribution >= 4 is 35.0 Å². The molecule has 1 saturated heterocycles. The second-order valence-electron chi connectivity index (χ2n) is 5.63. The number of carbonyl (C=O) groups excluding carboxylic acids is 1. The van der Waals surface area contributed by atoms with E-state index in [0.717, 1.165) is 10.0 Å². The number of thioether (sulfide) groups is 1. The number of amides is 1. The first-order valence-electron chi connectivity index (χ1n) is 6.91. The van der Waals surface area contributed by atoms with E-state index in [0.29, 0.717) is 4.91 Å². The van der Waals surface area contributed by atoms with Crippen molar-refractivity contribution in [2.24, 2.45) is 11.8 Å². The topological polar surface area (TPSA) is 90.7 Å². The van der Waals surface area contributed by atoms with Crippen LogP contribution in [0.4, 0.5) is 0 Å². The SMILES string of the molecule is Cc1csc(SC2=C(C(=O)O)N3C(=O)[C@H]([C@@H](C)O)C3[C@H]2C)n1. The summed E-state index contributed by atoms with van der Waals surface area (Å²) >= 11 is 2.77. The molecule has 1 unspecified atom stereocenters. The van der Waals surface area contributed by atoms with Crippen molar-refractivity contribution in [2.45, 2.75) is 37.3 Å². The van der Waals surface area contributed by atoms with Crippen LogP contribution < -0.4 is 0 Å². The lowest BCUT2D eigenvalue weighted by Gasteiger charge is -2.46. The van der Waals surface area contributed by atoms with Gasteiger partial charge in [-0.25, -0.2) is 9.78 Å². The maximum Gasteiger partial charge on any atom is 0.353 e. The van der Waals surface area contributed by atoms with Crippen LogP contribution in [0.1, 0.15) is 19.5 Å². The number of carboxylic acid groups (broad SMARTS) is 1. The summed E-state index contributed by atoms with van der Waals surface area (Å²) in [5.41, 5.74) is 0.925. The normalized spacial score (nSPS) is 28.6. The molecule has 1 fully saturated rings. The molecule has 22 heavy (non-hydrogen) atoms. The second-order valence-corrected chi connectivity index (χ2v) is 7.78. The Bertz CT molecular complexity index is 682. The minimum atomic E-state index is -1.11. The number of fused-ring (bicyclic) bond motifs is 1. The number of hydrogen-bond donors (Lipinski definition) is 2. The Morgan fingerprint density at radius 1 is 1.55 bits per heavy atom. The van der Waals surface area contributed by atoms with Crippen LogP contribution in [0.5, 0.6) is 0 Å². The van der Waals surface area contributed by atoms with Crippen molar-refractivity contribution in [2.75, 3.05) is 0 Å². The van der Waals surface area contributed by atoms with Gasteiger partial charge >= 0.3 is 5.97 Å². The summed E-state index contributed by atoms with van der Waals surface area (Å²) in [6, 6.07) is -0.276. The average Bonchev–Trinajstić information content (AvgIpc) is 2.92. The van der Waals surface area contributed by atoms with Crippen LogP contribution in [0.3, 0.4) is 0 Å². The molecular formula is C14H16N2O4S2. The summed E-state index contributed by atoms with van der Waals surface area (Å²) < 4.78 is 0.765. The van der Waals surface area contributed by atoms with E-state index >= 15 is 0 Å². The van der Waals surface area contributed by atoms with E-state index in [-0.39, 0.29) is 23.6 Å². The van der Waals surface area contributed by atoms with Gasteiger partial charge in [0.05, 0.1) is 18.1 Å². The lowest BCUT2D eigenvalue weighted by atomic mass is 9.79. The molecule has 0 aliphatic carbocycles. The molecule has 2 N–H and O–H groups in total. The predicted octanol–water partition coefficient (Wildman–Crippen LogP) is 1.70. The molecule has 1 aromatic rings. The fourth-order valence-corrected chi connectivity index (χ4v) is 5.24. The number of hydrogen-bond acceptors (Lipinski definition) is 6. The van der Waals surface area contributed by atoms with Crippen molar-refractivity contribution in [3.63, 3.8) is 0 Å². The van der Waals surface area contributed by atoms with Crippen LogP contribution >= 0.6 is 23.1 Å². The molecule has 0 bridgehead atoms. The van der Waals surface area contributed by atoms with Gasteiger partial charge in [-0.3, -0.25) is 4.79 Å².